The minimum Gasteiger partial charge on any atom is -0.493 e. The van der Waals surface area contributed by atoms with Crippen LogP contribution < -0.4 is 19.1 Å². The number of nitrogens with zero attached hydrogens (tertiary/aromatic N) is 2. The molecule has 1 heterocycles. The number of methoxy groups -OCH3 is 2. The average Bonchev–Trinajstić information content (AvgIpc) is 2.81. The number of nitro benzene ring substituents is 1. The molecule has 1 aliphatic rings. The summed E-state index contributed by atoms with van der Waals surface area (Å²) in [5.74, 6) is 1.39. The summed E-state index contributed by atoms with van der Waals surface area (Å²) in [4.78, 5) is 25.5. The van der Waals surface area contributed by atoms with Crippen molar-refractivity contribution in [3.8, 4) is 17.2 Å². The van der Waals surface area contributed by atoms with Crippen LogP contribution in [0.25, 0.3) is 0 Å². The molecule has 2 atom stereocenters. The Bertz CT molecular complexity index is 1180. The van der Waals surface area contributed by atoms with Gasteiger partial charge >= 0.3 is 0 Å². The fourth-order valence-electron chi connectivity index (χ4n) is 3.81. The number of anilines is 1. The fraction of sp³-hybridized carbons (Fsp3) is 0.208. The summed E-state index contributed by atoms with van der Waals surface area (Å²) < 4.78 is 16.9. The number of carbonyl (C=O) groups is 1. The van der Waals surface area contributed by atoms with Crippen molar-refractivity contribution in [3.05, 3.63) is 88.0 Å². The quantitative estimate of drug-likeness (QED) is 0.310. The minimum atomic E-state index is -0.798. The highest BCUT2D eigenvalue weighted by Crippen LogP contribution is 2.44. The van der Waals surface area contributed by atoms with Crippen LogP contribution in [0.5, 0.6) is 17.2 Å². The lowest BCUT2D eigenvalue weighted by Crippen LogP contribution is -2.61. The molecule has 1 saturated heterocycles. The normalized spacial score (nSPS) is 17.5. The van der Waals surface area contributed by atoms with Gasteiger partial charge in [0.2, 0.25) is 6.10 Å². The van der Waals surface area contributed by atoms with Gasteiger partial charge in [0, 0.05) is 12.1 Å². The van der Waals surface area contributed by atoms with E-state index in [9.17, 15) is 14.9 Å². The Hall–Kier alpha value is -4.07. The molecular weight excluding hydrogens is 412 g/mol. The molecule has 4 rings (SSSR count). The summed E-state index contributed by atoms with van der Waals surface area (Å²) in [7, 11) is 3.08. The standard InChI is InChI=1S/C24H22N2O6/c1-15-7-4-5-10-19(15)32-23-22(16-11-12-20(30-2)21(13-16)31-3)25(24(23)27)17-8-6-9-18(14-17)26(28)29/h4-14,22-23H,1-3H3. The second kappa shape index (κ2) is 8.58. The topological polar surface area (TPSA) is 91.1 Å². The van der Waals surface area contributed by atoms with Gasteiger partial charge in [-0.1, -0.05) is 30.3 Å². The number of amides is 1. The zero-order valence-electron chi connectivity index (χ0n) is 17.8. The average molecular weight is 434 g/mol. The first-order valence-electron chi connectivity index (χ1n) is 9.96. The zero-order valence-corrected chi connectivity index (χ0v) is 17.8. The predicted octanol–water partition coefficient (Wildman–Crippen LogP) is 4.46. The molecule has 0 aromatic heterocycles. The van der Waals surface area contributed by atoms with Crippen LogP contribution in [0.4, 0.5) is 11.4 Å². The number of nitro groups is 1. The number of β-lactam (4-membered cyclic amide) rings is 1. The maximum atomic E-state index is 13.2. The van der Waals surface area contributed by atoms with E-state index in [1.807, 2.05) is 37.3 Å². The van der Waals surface area contributed by atoms with E-state index in [1.54, 1.807) is 31.4 Å². The van der Waals surface area contributed by atoms with Crippen LogP contribution >= 0.6 is 0 Å². The van der Waals surface area contributed by atoms with Gasteiger partial charge in [-0.15, -0.1) is 0 Å². The molecule has 1 aliphatic heterocycles. The second-order valence-electron chi connectivity index (χ2n) is 7.35. The molecule has 2 unspecified atom stereocenters. The van der Waals surface area contributed by atoms with Crippen molar-refractivity contribution in [2.45, 2.75) is 19.1 Å². The number of rotatable bonds is 7. The minimum absolute atomic E-state index is 0.0929. The molecule has 8 nitrogen and oxygen atoms in total. The number of non-ortho nitro benzene ring substituents is 1. The molecule has 0 bridgehead atoms. The van der Waals surface area contributed by atoms with E-state index < -0.39 is 17.1 Å². The molecule has 3 aromatic carbocycles. The number of ether oxygens (including phenoxy) is 3. The molecule has 0 radical (unpaired) electrons. The van der Waals surface area contributed by atoms with Crippen molar-refractivity contribution in [2.75, 3.05) is 19.1 Å². The van der Waals surface area contributed by atoms with Crippen molar-refractivity contribution in [3.63, 3.8) is 0 Å². The Morgan fingerprint density at radius 2 is 1.66 bits per heavy atom. The first-order chi connectivity index (χ1) is 15.4. The first-order valence-corrected chi connectivity index (χ1v) is 9.96. The Kier molecular flexibility index (Phi) is 5.68. The van der Waals surface area contributed by atoms with E-state index in [1.165, 1.54) is 24.1 Å². The monoisotopic (exact) mass is 434 g/mol. The fourth-order valence-corrected chi connectivity index (χ4v) is 3.81. The second-order valence-corrected chi connectivity index (χ2v) is 7.35. The van der Waals surface area contributed by atoms with Gasteiger partial charge < -0.3 is 14.2 Å². The molecule has 32 heavy (non-hydrogen) atoms. The summed E-state index contributed by atoms with van der Waals surface area (Å²) in [6.07, 6.45) is -0.798. The molecule has 0 N–H and O–H groups in total. The number of benzene rings is 3. The van der Waals surface area contributed by atoms with Gasteiger partial charge in [0.15, 0.2) is 11.5 Å². The predicted molar refractivity (Wildman–Crippen MR) is 118 cm³/mol. The third kappa shape index (κ3) is 3.71. The number of aryl methyl sites for hydroxylation is 1. The maximum Gasteiger partial charge on any atom is 0.271 e. The largest absolute Gasteiger partial charge is 0.493 e. The van der Waals surface area contributed by atoms with E-state index in [4.69, 9.17) is 14.2 Å². The van der Waals surface area contributed by atoms with Crippen LogP contribution in [0.2, 0.25) is 0 Å². The molecule has 1 amide bonds. The number of para-hydroxylation sites is 1. The van der Waals surface area contributed by atoms with Gasteiger partial charge in [0.05, 0.1) is 24.8 Å². The van der Waals surface area contributed by atoms with E-state index in [2.05, 4.69) is 0 Å². The van der Waals surface area contributed by atoms with Crippen LogP contribution in [0.15, 0.2) is 66.7 Å². The highest BCUT2D eigenvalue weighted by molar-refractivity contribution is 6.05. The van der Waals surface area contributed by atoms with Crippen molar-refractivity contribution < 1.29 is 23.9 Å². The Balaban J connectivity index is 1.76. The summed E-state index contributed by atoms with van der Waals surface area (Å²) in [6.45, 7) is 1.90. The Morgan fingerprint density at radius 3 is 2.34 bits per heavy atom. The maximum absolute atomic E-state index is 13.2. The summed E-state index contributed by atoms with van der Waals surface area (Å²) in [5, 5.41) is 11.3. The molecule has 1 fully saturated rings. The van der Waals surface area contributed by atoms with Crippen molar-refractivity contribution in [1.82, 2.24) is 0 Å². The van der Waals surface area contributed by atoms with Gasteiger partial charge in [-0.25, -0.2) is 0 Å². The van der Waals surface area contributed by atoms with Gasteiger partial charge in [-0.05, 0) is 42.3 Å². The van der Waals surface area contributed by atoms with Gasteiger partial charge in [0.25, 0.3) is 11.6 Å². The SMILES string of the molecule is COc1ccc(C2C(Oc3ccccc3C)C(=O)N2c2cccc([N+](=O)[O-])c2)cc1OC. The number of carbonyl (C=O) groups excluding carboxylic acids is 1. The van der Waals surface area contributed by atoms with Crippen LogP contribution in [0.1, 0.15) is 17.2 Å². The van der Waals surface area contributed by atoms with Crippen molar-refractivity contribution in [1.29, 1.82) is 0 Å². The third-order valence-corrected chi connectivity index (χ3v) is 5.46. The lowest BCUT2D eigenvalue weighted by atomic mass is 9.89. The summed E-state index contributed by atoms with van der Waals surface area (Å²) >= 11 is 0. The lowest BCUT2D eigenvalue weighted by molar-refractivity contribution is -0.384. The molecule has 8 heteroatoms. The van der Waals surface area contributed by atoms with Gasteiger partial charge in [-0.3, -0.25) is 19.8 Å². The van der Waals surface area contributed by atoms with Gasteiger partial charge in [0.1, 0.15) is 11.8 Å². The van der Waals surface area contributed by atoms with E-state index in [-0.39, 0.29) is 11.6 Å². The van der Waals surface area contributed by atoms with Crippen LogP contribution in [0.3, 0.4) is 0 Å². The van der Waals surface area contributed by atoms with E-state index in [0.29, 0.717) is 22.9 Å². The molecule has 0 aliphatic carbocycles. The molecule has 3 aromatic rings. The highest BCUT2D eigenvalue weighted by Gasteiger charge is 2.51. The van der Waals surface area contributed by atoms with E-state index >= 15 is 0 Å². The Morgan fingerprint density at radius 1 is 0.906 bits per heavy atom. The van der Waals surface area contributed by atoms with E-state index in [0.717, 1.165) is 11.1 Å². The molecule has 0 spiro atoms. The van der Waals surface area contributed by atoms with Crippen LogP contribution in [0, 0.1) is 17.0 Å². The highest BCUT2D eigenvalue weighted by atomic mass is 16.6. The van der Waals surface area contributed by atoms with Gasteiger partial charge in [-0.2, -0.15) is 0 Å². The molecular formula is C24H22N2O6. The molecule has 164 valence electrons. The number of hydrogen-bond acceptors (Lipinski definition) is 6. The Labute approximate surface area is 185 Å². The van der Waals surface area contributed by atoms with Crippen molar-refractivity contribution in [2.24, 2.45) is 0 Å². The first kappa shape index (κ1) is 21.2. The smallest absolute Gasteiger partial charge is 0.271 e. The lowest BCUT2D eigenvalue weighted by Gasteiger charge is -2.46. The molecule has 0 saturated carbocycles. The zero-order chi connectivity index (χ0) is 22.8. The van der Waals surface area contributed by atoms with Crippen molar-refractivity contribution >= 4 is 17.3 Å². The third-order valence-electron chi connectivity index (χ3n) is 5.46. The summed E-state index contributed by atoms with van der Waals surface area (Å²) in [5.41, 5.74) is 1.99. The van der Waals surface area contributed by atoms with Crippen LogP contribution in [-0.2, 0) is 4.79 Å². The summed E-state index contributed by atoms with van der Waals surface area (Å²) in [6, 6.07) is 18.3. The van der Waals surface area contributed by atoms with Crippen LogP contribution in [-0.4, -0.2) is 31.2 Å². The number of hydrogen-bond donors (Lipinski definition) is 0.